The molecule has 0 spiro atoms. The number of anilines is 1. The maximum absolute atomic E-state index is 13.1. The van der Waals surface area contributed by atoms with Crippen LogP contribution in [0.1, 0.15) is 47.2 Å². The summed E-state index contributed by atoms with van der Waals surface area (Å²) in [5.74, 6) is 2.26. The zero-order chi connectivity index (χ0) is 21.8. The van der Waals surface area contributed by atoms with Crippen LogP contribution in [0.5, 0.6) is 0 Å². The van der Waals surface area contributed by atoms with Crippen molar-refractivity contribution in [3.05, 3.63) is 53.0 Å². The molecule has 7 heteroatoms. The first-order chi connectivity index (χ1) is 15.0. The number of aryl methyl sites for hydroxylation is 1. The van der Waals surface area contributed by atoms with Gasteiger partial charge in [-0.3, -0.25) is 9.69 Å². The molecule has 0 N–H and O–H groups in total. The fourth-order valence-electron chi connectivity index (χ4n) is 4.14. The van der Waals surface area contributed by atoms with E-state index in [1.54, 1.807) is 0 Å². The fourth-order valence-corrected chi connectivity index (χ4v) is 4.14. The maximum atomic E-state index is 13.1. The van der Waals surface area contributed by atoms with Gasteiger partial charge in [-0.1, -0.05) is 26.0 Å². The zero-order valence-electron chi connectivity index (χ0n) is 18.9. The smallest absolute Gasteiger partial charge is 0.253 e. The van der Waals surface area contributed by atoms with Crippen molar-refractivity contribution in [1.82, 2.24) is 19.8 Å². The summed E-state index contributed by atoms with van der Waals surface area (Å²) >= 11 is 0. The highest BCUT2D eigenvalue weighted by Gasteiger charge is 2.24. The molecule has 4 rings (SSSR count). The Balaban J connectivity index is 1.38. The molecule has 31 heavy (non-hydrogen) atoms. The summed E-state index contributed by atoms with van der Waals surface area (Å²) in [4.78, 5) is 29.0. The van der Waals surface area contributed by atoms with E-state index in [1.807, 2.05) is 36.1 Å². The van der Waals surface area contributed by atoms with Gasteiger partial charge in [0.1, 0.15) is 11.6 Å². The number of nitrogens with zero attached hydrogens (tertiary/aromatic N) is 5. The standard InChI is InChI=1S/C24H33N5O2/c1-18(2)23-25-19(3)15-22(26-23)28-7-9-29(10-8-28)24(30)21-6-4-5-20(16-21)17-27-11-13-31-14-12-27/h4-6,15-16,18H,7-14,17H2,1-3H3. The van der Waals surface area contributed by atoms with Crippen molar-refractivity contribution in [1.29, 1.82) is 0 Å². The molecule has 0 saturated carbocycles. The minimum atomic E-state index is 0.116. The number of aromatic nitrogens is 2. The third-order valence-electron chi connectivity index (χ3n) is 5.95. The minimum absolute atomic E-state index is 0.116. The van der Waals surface area contributed by atoms with Gasteiger partial charge in [0.15, 0.2) is 0 Å². The van der Waals surface area contributed by atoms with Gasteiger partial charge in [-0.2, -0.15) is 0 Å². The summed E-state index contributed by atoms with van der Waals surface area (Å²) in [7, 11) is 0. The molecule has 0 atom stereocenters. The van der Waals surface area contributed by atoms with Gasteiger partial charge in [0.2, 0.25) is 0 Å². The monoisotopic (exact) mass is 423 g/mol. The lowest BCUT2D eigenvalue weighted by Crippen LogP contribution is -2.49. The highest BCUT2D eigenvalue weighted by molar-refractivity contribution is 5.94. The Morgan fingerprint density at radius 1 is 1.03 bits per heavy atom. The first-order valence-electron chi connectivity index (χ1n) is 11.3. The van der Waals surface area contributed by atoms with E-state index in [9.17, 15) is 4.79 Å². The number of carbonyl (C=O) groups is 1. The second kappa shape index (κ2) is 9.75. The molecule has 2 aliphatic heterocycles. The predicted molar refractivity (Wildman–Crippen MR) is 122 cm³/mol. The number of hydrogen-bond acceptors (Lipinski definition) is 6. The van der Waals surface area contributed by atoms with E-state index in [-0.39, 0.29) is 5.91 Å². The predicted octanol–water partition coefficient (Wildman–Crippen LogP) is 2.70. The van der Waals surface area contributed by atoms with Gasteiger partial charge in [-0.25, -0.2) is 9.97 Å². The van der Waals surface area contributed by atoms with E-state index < -0.39 is 0 Å². The lowest BCUT2D eigenvalue weighted by Gasteiger charge is -2.35. The molecule has 0 aliphatic carbocycles. The van der Waals surface area contributed by atoms with E-state index in [0.717, 1.165) is 68.8 Å². The fraction of sp³-hybridized carbons (Fsp3) is 0.542. The summed E-state index contributed by atoms with van der Waals surface area (Å²) in [5.41, 5.74) is 2.95. The van der Waals surface area contributed by atoms with Crippen LogP contribution in [0.2, 0.25) is 0 Å². The van der Waals surface area contributed by atoms with Crippen molar-refractivity contribution < 1.29 is 9.53 Å². The first-order valence-corrected chi connectivity index (χ1v) is 11.3. The van der Waals surface area contributed by atoms with Crippen molar-refractivity contribution in [3.63, 3.8) is 0 Å². The summed E-state index contributed by atoms with van der Waals surface area (Å²) in [6.07, 6.45) is 0. The van der Waals surface area contributed by atoms with Crippen LogP contribution in [-0.2, 0) is 11.3 Å². The van der Waals surface area contributed by atoms with Crippen LogP contribution < -0.4 is 4.90 Å². The molecule has 2 aliphatic rings. The quantitative estimate of drug-likeness (QED) is 0.737. The highest BCUT2D eigenvalue weighted by Crippen LogP contribution is 2.20. The van der Waals surface area contributed by atoms with Gasteiger partial charge in [0.25, 0.3) is 5.91 Å². The Bertz CT molecular complexity index is 903. The van der Waals surface area contributed by atoms with Crippen molar-refractivity contribution in [2.75, 3.05) is 57.4 Å². The molecule has 7 nitrogen and oxygen atoms in total. The molecule has 0 unspecified atom stereocenters. The van der Waals surface area contributed by atoms with Crippen LogP contribution in [0, 0.1) is 6.92 Å². The number of carbonyl (C=O) groups excluding carboxylic acids is 1. The summed E-state index contributed by atoms with van der Waals surface area (Å²) in [6, 6.07) is 10.1. The largest absolute Gasteiger partial charge is 0.379 e. The molecule has 1 amide bonds. The number of ether oxygens (including phenoxy) is 1. The van der Waals surface area contributed by atoms with Gasteiger partial charge in [-0.05, 0) is 24.6 Å². The van der Waals surface area contributed by atoms with Crippen LogP contribution in [-0.4, -0.2) is 78.2 Å². The number of morpholine rings is 1. The Morgan fingerprint density at radius 3 is 2.48 bits per heavy atom. The molecule has 0 bridgehead atoms. The van der Waals surface area contributed by atoms with Crippen molar-refractivity contribution in [2.24, 2.45) is 0 Å². The van der Waals surface area contributed by atoms with E-state index in [0.29, 0.717) is 19.0 Å². The molecular weight excluding hydrogens is 390 g/mol. The highest BCUT2D eigenvalue weighted by atomic mass is 16.5. The van der Waals surface area contributed by atoms with Gasteiger partial charge in [-0.15, -0.1) is 0 Å². The van der Waals surface area contributed by atoms with Crippen LogP contribution >= 0.6 is 0 Å². The number of rotatable bonds is 5. The normalized spacial score (nSPS) is 17.9. The summed E-state index contributed by atoms with van der Waals surface area (Å²) in [5, 5.41) is 0. The van der Waals surface area contributed by atoms with Crippen LogP contribution in [0.3, 0.4) is 0 Å². The third kappa shape index (κ3) is 5.40. The molecule has 166 valence electrons. The molecule has 2 saturated heterocycles. The van der Waals surface area contributed by atoms with E-state index in [4.69, 9.17) is 9.72 Å². The Hall–Kier alpha value is -2.51. The average Bonchev–Trinajstić information content (AvgIpc) is 2.79. The van der Waals surface area contributed by atoms with Gasteiger partial charge in [0.05, 0.1) is 13.2 Å². The van der Waals surface area contributed by atoms with Crippen LogP contribution in [0.25, 0.3) is 0 Å². The number of amides is 1. The van der Waals surface area contributed by atoms with Crippen molar-refractivity contribution in [3.8, 4) is 0 Å². The second-order valence-corrected chi connectivity index (χ2v) is 8.75. The van der Waals surface area contributed by atoms with Crippen LogP contribution in [0.15, 0.2) is 30.3 Å². The zero-order valence-corrected chi connectivity index (χ0v) is 18.9. The molecule has 1 aromatic carbocycles. The topological polar surface area (TPSA) is 61.8 Å². The molecular formula is C24H33N5O2. The summed E-state index contributed by atoms with van der Waals surface area (Å²) in [6.45, 7) is 13.5. The van der Waals surface area contributed by atoms with E-state index >= 15 is 0 Å². The minimum Gasteiger partial charge on any atom is -0.379 e. The Morgan fingerprint density at radius 2 is 1.77 bits per heavy atom. The SMILES string of the molecule is Cc1cc(N2CCN(C(=O)c3cccc(CN4CCOCC4)c3)CC2)nc(C(C)C)n1. The lowest BCUT2D eigenvalue weighted by atomic mass is 10.1. The van der Waals surface area contributed by atoms with E-state index in [1.165, 1.54) is 5.56 Å². The van der Waals surface area contributed by atoms with Gasteiger partial charge >= 0.3 is 0 Å². The lowest BCUT2D eigenvalue weighted by molar-refractivity contribution is 0.0341. The number of piperazine rings is 1. The number of benzene rings is 1. The molecule has 0 radical (unpaired) electrons. The van der Waals surface area contributed by atoms with Crippen molar-refractivity contribution >= 4 is 11.7 Å². The Kier molecular flexibility index (Phi) is 6.83. The van der Waals surface area contributed by atoms with Gasteiger partial charge < -0.3 is 14.5 Å². The van der Waals surface area contributed by atoms with E-state index in [2.05, 4.69) is 34.7 Å². The summed E-state index contributed by atoms with van der Waals surface area (Å²) < 4.78 is 5.43. The number of hydrogen-bond donors (Lipinski definition) is 0. The van der Waals surface area contributed by atoms with Crippen molar-refractivity contribution in [2.45, 2.75) is 33.2 Å². The Labute approximate surface area is 185 Å². The molecule has 1 aromatic heterocycles. The second-order valence-electron chi connectivity index (χ2n) is 8.75. The third-order valence-corrected chi connectivity index (χ3v) is 5.95. The maximum Gasteiger partial charge on any atom is 0.253 e. The molecule has 2 fully saturated rings. The average molecular weight is 424 g/mol. The first kappa shape index (κ1) is 21.7. The molecule has 2 aromatic rings. The molecule has 3 heterocycles. The van der Waals surface area contributed by atoms with Gasteiger partial charge in [0, 0.05) is 69.1 Å². The van der Waals surface area contributed by atoms with Crippen LogP contribution in [0.4, 0.5) is 5.82 Å².